The first-order chi connectivity index (χ1) is 14.2. The van der Waals surface area contributed by atoms with Gasteiger partial charge in [0, 0.05) is 31.5 Å². The van der Waals surface area contributed by atoms with Gasteiger partial charge in [0.1, 0.15) is 0 Å². The minimum Gasteiger partial charge on any atom is -0.467 e. The van der Waals surface area contributed by atoms with Gasteiger partial charge in [-0.05, 0) is 38.1 Å². The number of hydrogen-bond acceptors (Lipinski definition) is 8. The summed E-state index contributed by atoms with van der Waals surface area (Å²) in [5.74, 6) is -0.0593. The van der Waals surface area contributed by atoms with E-state index in [9.17, 15) is 9.59 Å². The number of aromatic nitrogens is 4. The summed E-state index contributed by atoms with van der Waals surface area (Å²) >= 11 is 0. The summed E-state index contributed by atoms with van der Waals surface area (Å²) in [6, 6.07) is 6.92. The fourth-order valence-corrected chi connectivity index (χ4v) is 2.54. The maximum atomic E-state index is 12.3. The number of amides is 2. The Morgan fingerprint density at radius 2 is 1.77 bits per heavy atom. The zero-order valence-electron chi connectivity index (χ0n) is 17.3. The van der Waals surface area contributed by atoms with Crippen LogP contribution in [0.3, 0.4) is 0 Å². The van der Waals surface area contributed by atoms with Crippen molar-refractivity contribution in [2.24, 2.45) is 0 Å². The highest BCUT2D eigenvalue weighted by atomic mass is 16.5. The molecule has 0 aliphatic heterocycles. The zero-order valence-corrected chi connectivity index (χ0v) is 17.3. The third kappa shape index (κ3) is 4.40. The van der Waals surface area contributed by atoms with Crippen LogP contribution in [0.4, 0.5) is 22.2 Å². The van der Waals surface area contributed by atoms with E-state index in [0.29, 0.717) is 23.3 Å². The molecular weight excluding hydrogens is 390 g/mol. The van der Waals surface area contributed by atoms with E-state index in [2.05, 4.69) is 25.9 Å². The SMILES string of the molecule is COC(=O)C(C)(C)n1cc(NC(=O)Nc2ccc(-c3nnc(N(C)C)o3)cc2)cn1. The molecule has 0 bridgehead atoms. The number of nitrogens with zero attached hydrogens (tertiary/aromatic N) is 5. The molecular formula is C19H23N7O4. The second kappa shape index (κ2) is 8.23. The Hall–Kier alpha value is -3.89. The smallest absolute Gasteiger partial charge is 0.333 e. The summed E-state index contributed by atoms with van der Waals surface area (Å²) in [7, 11) is 4.93. The topological polar surface area (TPSA) is 127 Å². The number of carbonyl (C=O) groups is 2. The van der Waals surface area contributed by atoms with Crippen LogP contribution in [0.5, 0.6) is 0 Å². The number of anilines is 3. The number of esters is 1. The van der Waals surface area contributed by atoms with Gasteiger partial charge in [0.15, 0.2) is 5.54 Å². The molecule has 11 nitrogen and oxygen atoms in total. The zero-order chi connectivity index (χ0) is 21.9. The molecule has 3 aromatic rings. The number of ether oxygens (including phenoxy) is 1. The Morgan fingerprint density at radius 3 is 2.37 bits per heavy atom. The fraction of sp³-hybridized carbons (Fsp3) is 0.316. The van der Waals surface area contributed by atoms with Gasteiger partial charge in [-0.1, -0.05) is 5.10 Å². The van der Waals surface area contributed by atoms with E-state index < -0.39 is 17.5 Å². The van der Waals surface area contributed by atoms with Gasteiger partial charge in [-0.25, -0.2) is 9.59 Å². The highest BCUT2D eigenvalue weighted by Gasteiger charge is 2.31. The van der Waals surface area contributed by atoms with Gasteiger partial charge in [0.25, 0.3) is 0 Å². The van der Waals surface area contributed by atoms with Gasteiger partial charge in [-0.2, -0.15) is 5.10 Å². The normalized spacial score (nSPS) is 11.1. The van der Waals surface area contributed by atoms with Crippen molar-refractivity contribution in [3.05, 3.63) is 36.7 Å². The van der Waals surface area contributed by atoms with Gasteiger partial charge < -0.3 is 24.7 Å². The summed E-state index contributed by atoms with van der Waals surface area (Å²) in [6.45, 7) is 3.34. The van der Waals surface area contributed by atoms with Crippen LogP contribution in [0.2, 0.25) is 0 Å². The van der Waals surface area contributed by atoms with Crippen LogP contribution in [0, 0.1) is 0 Å². The molecule has 158 valence electrons. The molecule has 0 atom stereocenters. The number of methoxy groups -OCH3 is 1. The van der Waals surface area contributed by atoms with E-state index in [4.69, 9.17) is 9.15 Å². The molecule has 1 aromatic carbocycles. The number of rotatable bonds is 6. The Bertz CT molecular complexity index is 1040. The third-order valence-electron chi connectivity index (χ3n) is 4.28. The fourth-order valence-electron chi connectivity index (χ4n) is 2.54. The van der Waals surface area contributed by atoms with Crippen molar-refractivity contribution < 1.29 is 18.7 Å². The van der Waals surface area contributed by atoms with Gasteiger partial charge in [-0.3, -0.25) is 4.68 Å². The highest BCUT2D eigenvalue weighted by molar-refractivity contribution is 5.99. The summed E-state index contributed by atoms with van der Waals surface area (Å²) in [5, 5.41) is 17.4. The third-order valence-corrected chi connectivity index (χ3v) is 4.28. The lowest BCUT2D eigenvalue weighted by Crippen LogP contribution is -2.37. The molecule has 0 aliphatic rings. The maximum absolute atomic E-state index is 12.3. The lowest BCUT2D eigenvalue weighted by Gasteiger charge is -2.21. The summed E-state index contributed by atoms with van der Waals surface area (Å²) < 4.78 is 11.8. The van der Waals surface area contributed by atoms with Crippen molar-refractivity contribution in [3.63, 3.8) is 0 Å². The van der Waals surface area contributed by atoms with Crippen LogP contribution >= 0.6 is 0 Å². The molecule has 0 radical (unpaired) electrons. The predicted molar refractivity (Wildman–Crippen MR) is 110 cm³/mol. The van der Waals surface area contributed by atoms with Gasteiger partial charge in [-0.15, -0.1) is 5.10 Å². The Labute approximate surface area is 173 Å². The van der Waals surface area contributed by atoms with Gasteiger partial charge in [0.05, 0.1) is 19.0 Å². The predicted octanol–water partition coefficient (Wildman–Crippen LogP) is 2.55. The minimum absolute atomic E-state index is 0.385. The van der Waals surface area contributed by atoms with Crippen molar-refractivity contribution in [2.45, 2.75) is 19.4 Å². The van der Waals surface area contributed by atoms with Gasteiger partial charge >= 0.3 is 18.0 Å². The molecule has 0 saturated carbocycles. The average Bonchev–Trinajstić information content (AvgIpc) is 3.38. The number of urea groups is 1. The van der Waals surface area contributed by atoms with Crippen molar-refractivity contribution in [2.75, 3.05) is 36.7 Å². The van der Waals surface area contributed by atoms with Crippen molar-refractivity contribution in [1.29, 1.82) is 0 Å². The Kier molecular flexibility index (Phi) is 5.72. The quantitative estimate of drug-likeness (QED) is 0.590. The molecule has 0 fully saturated rings. The van der Waals surface area contributed by atoms with Crippen molar-refractivity contribution in [3.8, 4) is 11.5 Å². The van der Waals surface area contributed by atoms with E-state index in [0.717, 1.165) is 5.56 Å². The Balaban J connectivity index is 1.62. The lowest BCUT2D eigenvalue weighted by molar-refractivity contribution is -0.150. The number of benzene rings is 1. The molecule has 0 saturated heterocycles. The molecule has 0 unspecified atom stereocenters. The largest absolute Gasteiger partial charge is 0.467 e. The van der Waals surface area contributed by atoms with Crippen LogP contribution in [0.15, 0.2) is 41.1 Å². The first-order valence-electron chi connectivity index (χ1n) is 9.03. The standard InChI is InChI=1S/C19H23N7O4/c1-19(2,16(27)29-5)26-11-14(10-20-26)22-17(28)21-13-8-6-12(7-9-13)15-23-24-18(30-15)25(3)4/h6-11H,1-5H3,(H2,21,22,28). The molecule has 2 N–H and O–H groups in total. The summed E-state index contributed by atoms with van der Waals surface area (Å²) in [5.41, 5.74) is 0.740. The van der Waals surface area contributed by atoms with Gasteiger partial charge in [0.2, 0.25) is 5.89 Å². The Morgan fingerprint density at radius 1 is 1.10 bits per heavy atom. The number of carbonyl (C=O) groups excluding carboxylic acids is 2. The number of hydrogen-bond donors (Lipinski definition) is 2. The molecule has 30 heavy (non-hydrogen) atoms. The molecule has 2 heterocycles. The summed E-state index contributed by atoms with van der Waals surface area (Å²) in [4.78, 5) is 25.9. The van der Waals surface area contributed by atoms with Crippen molar-refractivity contribution >= 4 is 29.4 Å². The van der Waals surface area contributed by atoms with E-state index in [1.54, 1.807) is 49.2 Å². The molecule has 2 aromatic heterocycles. The molecule has 0 spiro atoms. The van der Waals surface area contributed by atoms with E-state index in [1.165, 1.54) is 18.0 Å². The monoisotopic (exact) mass is 413 g/mol. The van der Waals surface area contributed by atoms with Crippen LogP contribution in [0.25, 0.3) is 11.5 Å². The first-order valence-corrected chi connectivity index (χ1v) is 9.03. The molecule has 11 heteroatoms. The molecule has 3 rings (SSSR count). The van der Waals surface area contributed by atoms with Crippen LogP contribution in [-0.4, -0.2) is 53.2 Å². The molecule has 2 amide bonds. The van der Waals surface area contributed by atoms with Crippen molar-refractivity contribution in [1.82, 2.24) is 20.0 Å². The lowest BCUT2D eigenvalue weighted by atomic mass is 10.1. The maximum Gasteiger partial charge on any atom is 0.333 e. The van der Waals surface area contributed by atoms with Crippen LogP contribution in [0.1, 0.15) is 13.8 Å². The van der Waals surface area contributed by atoms with E-state index in [-0.39, 0.29) is 0 Å². The second-order valence-electron chi connectivity index (χ2n) is 7.16. The highest BCUT2D eigenvalue weighted by Crippen LogP contribution is 2.23. The van der Waals surface area contributed by atoms with E-state index >= 15 is 0 Å². The van der Waals surface area contributed by atoms with E-state index in [1.807, 2.05) is 14.1 Å². The van der Waals surface area contributed by atoms with Crippen LogP contribution in [-0.2, 0) is 15.1 Å². The average molecular weight is 413 g/mol. The molecule has 0 aliphatic carbocycles. The second-order valence-corrected chi connectivity index (χ2v) is 7.16. The summed E-state index contributed by atoms with van der Waals surface area (Å²) in [6.07, 6.45) is 3.00. The minimum atomic E-state index is -0.998. The van der Waals surface area contributed by atoms with Crippen LogP contribution < -0.4 is 15.5 Å². The first kappa shape index (κ1) is 20.8. The number of nitrogens with one attached hydrogen (secondary N) is 2.